The molecule has 38 heavy (non-hydrogen) atoms. The molecule has 198 valence electrons. The van der Waals surface area contributed by atoms with Gasteiger partial charge in [-0.05, 0) is 67.5 Å². The molecule has 1 aliphatic carbocycles. The van der Waals surface area contributed by atoms with Crippen molar-refractivity contribution in [1.29, 1.82) is 0 Å². The number of halogens is 3. The molecule has 0 fully saturated rings. The van der Waals surface area contributed by atoms with Gasteiger partial charge in [0.2, 0.25) is 5.91 Å². The topological polar surface area (TPSA) is 56.2 Å². The summed E-state index contributed by atoms with van der Waals surface area (Å²) in [5.74, 6) is 1.05. The standard InChI is InChI=1S/C30H30F3N3O2/c1-19-26(38-3)15-14-25-27(19)35-20(2)36(25)17-9-8-16-29(28(37)34-18-30(31,32)33)23-12-6-4-10-21(23)22-11-5-7-13-24(22)29/h4-7,10-15H,8-9,16-18H2,1-3H3,(H,34,37). The highest BCUT2D eigenvalue weighted by molar-refractivity contribution is 6.00. The molecule has 0 unspecified atom stereocenters. The fourth-order valence-corrected chi connectivity index (χ4v) is 5.87. The van der Waals surface area contributed by atoms with Crippen LogP contribution in [0.25, 0.3) is 22.2 Å². The van der Waals surface area contributed by atoms with Crippen molar-refractivity contribution in [2.24, 2.45) is 0 Å². The highest BCUT2D eigenvalue weighted by Crippen LogP contribution is 2.51. The Hall–Kier alpha value is -3.81. The van der Waals surface area contributed by atoms with Crippen molar-refractivity contribution in [1.82, 2.24) is 14.9 Å². The van der Waals surface area contributed by atoms with Crippen LogP contribution in [0.1, 0.15) is 41.8 Å². The smallest absolute Gasteiger partial charge is 0.405 e. The molecule has 3 aromatic carbocycles. The van der Waals surface area contributed by atoms with E-state index in [4.69, 9.17) is 9.72 Å². The van der Waals surface area contributed by atoms with Crippen LogP contribution >= 0.6 is 0 Å². The Morgan fingerprint density at radius 3 is 2.21 bits per heavy atom. The summed E-state index contributed by atoms with van der Waals surface area (Å²) in [7, 11) is 1.64. The molecule has 0 bridgehead atoms. The fraction of sp³-hybridized carbons (Fsp3) is 0.333. The van der Waals surface area contributed by atoms with Crippen LogP contribution in [-0.4, -0.2) is 35.3 Å². The molecule has 1 aromatic heterocycles. The summed E-state index contributed by atoms with van der Waals surface area (Å²) in [6.07, 6.45) is -2.73. The van der Waals surface area contributed by atoms with Crippen molar-refractivity contribution in [3.63, 3.8) is 0 Å². The van der Waals surface area contributed by atoms with Gasteiger partial charge in [-0.2, -0.15) is 13.2 Å². The number of fused-ring (bicyclic) bond motifs is 4. The minimum atomic E-state index is -4.49. The van der Waals surface area contributed by atoms with Crippen molar-refractivity contribution in [3.05, 3.63) is 83.2 Å². The predicted octanol–water partition coefficient (Wildman–Crippen LogP) is 6.48. The number of imidazole rings is 1. The van der Waals surface area contributed by atoms with Gasteiger partial charge in [-0.15, -0.1) is 0 Å². The fourth-order valence-electron chi connectivity index (χ4n) is 5.87. The largest absolute Gasteiger partial charge is 0.496 e. The summed E-state index contributed by atoms with van der Waals surface area (Å²) >= 11 is 0. The summed E-state index contributed by atoms with van der Waals surface area (Å²) in [6, 6.07) is 19.0. The van der Waals surface area contributed by atoms with E-state index < -0.39 is 24.0 Å². The number of hydrogen-bond donors (Lipinski definition) is 1. The quantitative estimate of drug-likeness (QED) is 0.270. The maximum absolute atomic E-state index is 13.7. The average Bonchev–Trinajstić information content (AvgIpc) is 3.38. The van der Waals surface area contributed by atoms with Crippen LogP contribution in [0.4, 0.5) is 13.2 Å². The Morgan fingerprint density at radius 1 is 0.974 bits per heavy atom. The molecule has 4 aromatic rings. The summed E-state index contributed by atoms with van der Waals surface area (Å²) in [5, 5.41) is 2.20. The lowest BCUT2D eigenvalue weighted by molar-refractivity contribution is -0.141. The first kappa shape index (κ1) is 25.8. The summed E-state index contributed by atoms with van der Waals surface area (Å²) in [6.45, 7) is 3.26. The molecule has 1 heterocycles. The average molecular weight is 522 g/mol. The number of nitrogens with one attached hydrogen (secondary N) is 1. The molecule has 8 heteroatoms. The summed E-state index contributed by atoms with van der Waals surface area (Å²) < 4.78 is 46.9. The minimum absolute atomic E-state index is 0.392. The molecule has 5 nitrogen and oxygen atoms in total. The molecule has 1 amide bonds. The molecule has 0 atom stereocenters. The first-order chi connectivity index (χ1) is 18.2. The number of hydrogen-bond acceptors (Lipinski definition) is 3. The number of rotatable bonds is 8. The van der Waals surface area contributed by atoms with Crippen LogP contribution in [0.2, 0.25) is 0 Å². The summed E-state index contributed by atoms with van der Waals surface area (Å²) in [4.78, 5) is 18.4. The van der Waals surface area contributed by atoms with E-state index in [1.807, 2.05) is 74.5 Å². The number of carbonyl (C=O) groups excluding carboxylic acids is 1. The predicted molar refractivity (Wildman–Crippen MR) is 141 cm³/mol. The zero-order chi connectivity index (χ0) is 27.1. The Bertz CT molecular complexity index is 1460. The molecule has 1 N–H and O–H groups in total. The van der Waals surface area contributed by atoms with Gasteiger partial charge in [0.25, 0.3) is 0 Å². The van der Waals surface area contributed by atoms with Gasteiger partial charge in [-0.1, -0.05) is 48.5 Å². The van der Waals surface area contributed by atoms with Gasteiger partial charge >= 0.3 is 6.18 Å². The number of benzene rings is 3. The van der Waals surface area contributed by atoms with Gasteiger partial charge in [0, 0.05) is 12.1 Å². The van der Waals surface area contributed by atoms with E-state index in [0.29, 0.717) is 19.4 Å². The number of methoxy groups -OCH3 is 1. The third-order valence-electron chi connectivity index (χ3n) is 7.62. The number of alkyl halides is 3. The number of ether oxygens (including phenoxy) is 1. The normalized spacial score (nSPS) is 13.8. The lowest BCUT2D eigenvalue weighted by Crippen LogP contribution is -2.47. The zero-order valence-corrected chi connectivity index (χ0v) is 21.7. The number of aryl methyl sites for hydroxylation is 3. The number of unbranched alkanes of at least 4 members (excludes halogenated alkanes) is 1. The van der Waals surface area contributed by atoms with E-state index in [9.17, 15) is 18.0 Å². The van der Waals surface area contributed by atoms with Crippen LogP contribution < -0.4 is 10.1 Å². The Balaban J connectivity index is 1.44. The first-order valence-electron chi connectivity index (χ1n) is 12.7. The van der Waals surface area contributed by atoms with E-state index in [1.54, 1.807) is 7.11 Å². The second kappa shape index (κ2) is 9.82. The zero-order valence-electron chi connectivity index (χ0n) is 21.7. The third kappa shape index (κ3) is 4.31. The van der Waals surface area contributed by atoms with Crippen LogP contribution in [0.15, 0.2) is 60.7 Å². The number of carbonyl (C=O) groups is 1. The van der Waals surface area contributed by atoms with Gasteiger partial charge in [0.1, 0.15) is 23.5 Å². The van der Waals surface area contributed by atoms with E-state index >= 15 is 0 Å². The Labute approximate surface area is 219 Å². The Morgan fingerprint density at radius 2 is 1.61 bits per heavy atom. The van der Waals surface area contributed by atoms with Crippen molar-refractivity contribution < 1.29 is 22.7 Å². The van der Waals surface area contributed by atoms with Crippen LogP contribution in [0.5, 0.6) is 5.75 Å². The van der Waals surface area contributed by atoms with Gasteiger partial charge in [-0.25, -0.2) is 4.98 Å². The van der Waals surface area contributed by atoms with E-state index in [1.165, 1.54) is 0 Å². The molecule has 0 radical (unpaired) electrons. The second-order valence-corrected chi connectivity index (χ2v) is 9.82. The van der Waals surface area contributed by atoms with Crippen molar-refractivity contribution in [3.8, 4) is 16.9 Å². The number of aromatic nitrogens is 2. The second-order valence-electron chi connectivity index (χ2n) is 9.82. The molecular formula is C30H30F3N3O2. The van der Waals surface area contributed by atoms with Gasteiger partial charge < -0.3 is 14.6 Å². The van der Waals surface area contributed by atoms with Crippen LogP contribution in [0.3, 0.4) is 0 Å². The maximum atomic E-state index is 13.7. The van der Waals surface area contributed by atoms with Crippen molar-refractivity contribution >= 4 is 16.9 Å². The van der Waals surface area contributed by atoms with Crippen LogP contribution in [0, 0.1) is 13.8 Å². The maximum Gasteiger partial charge on any atom is 0.405 e. The van der Waals surface area contributed by atoms with Crippen molar-refractivity contribution in [2.75, 3.05) is 13.7 Å². The highest BCUT2D eigenvalue weighted by Gasteiger charge is 2.49. The van der Waals surface area contributed by atoms with E-state index in [2.05, 4.69) is 9.88 Å². The first-order valence-corrected chi connectivity index (χ1v) is 12.7. The molecular weight excluding hydrogens is 491 g/mol. The SMILES string of the molecule is COc1ccc2c(nc(C)n2CCCCC2(C(=O)NCC(F)(F)F)c3ccccc3-c3ccccc32)c1C. The van der Waals surface area contributed by atoms with Gasteiger partial charge in [-0.3, -0.25) is 4.79 Å². The summed E-state index contributed by atoms with van der Waals surface area (Å²) in [5.41, 5.74) is 5.00. The molecule has 0 saturated carbocycles. The number of nitrogens with zero attached hydrogens (tertiary/aromatic N) is 2. The van der Waals surface area contributed by atoms with Gasteiger partial charge in [0.15, 0.2) is 0 Å². The lowest BCUT2D eigenvalue weighted by atomic mass is 9.73. The monoisotopic (exact) mass is 521 g/mol. The molecule has 5 rings (SSSR count). The molecule has 1 aliphatic rings. The van der Waals surface area contributed by atoms with E-state index in [0.717, 1.165) is 56.8 Å². The van der Waals surface area contributed by atoms with Gasteiger partial charge in [0.05, 0.1) is 18.1 Å². The lowest BCUT2D eigenvalue weighted by Gasteiger charge is -2.31. The highest BCUT2D eigenvalue weighted by atomic mass is 19.4. The molecule has 0 spiro atoms. The van der Waals surface area contributed by atoms with Crippen LogP contribution in [-0.2, 0) is 16.8 Å². The van der Waals surface area contributed by atoms with Crippen molar-refractivity contribution in [2.45, 2.75) is 51.2 Å². The molecule has 0 saturated heterocycles. The molecule has 0 aliphatic heterocycles. The number of amides is 1. The minimum Gasteiger partial charge on any atom is -0.496 e. The van der Waals surface area contributed by atoms with E-state index in [-0.39, 0.29) is 0 Å². The Kier molecular flexibility index (Phi) is 6.67. The third-order valence-corrected chi connectivity index (χ3v) is 7.62.